The molecule has 1 aromatic heterocycles. The van der Waals surface area contributed by atoms with E-state index in [1.807, 2.05) is 42.6 Å². The number of ether oxygens (including phenoxy) is 1. The molecule has 130 valence electrons. The van der Waals surface area contributed by atoms with E-state index in [-0.39, 0.29) is 24.4 Å². The van der Waals surface area contributed by atoms with Crippen molar-refractivity contribution in [3.63, 3.8) is 0 Å². The molecule has 0 radical (unpaired) electrons. The summed E-state index contributed by atoms with van der Waals surface area (Å²) in [5.74, 6) is -0.811. The summed E-state index contributed by atoms with van der Waals surface area (Å²) in [4.78, 5) is 28.3. The SMILES string of the molecule is Cc1ccc(-c2csc(NC(=O)COC(=O)[C@H]3CC=CCC3)n2)cc1. The van der Waals surface area contributed by atoms with Crippen molar-refractivity contribution >= 4 is 28.3 Å². The van der Waals surface area contributed by atoms with Crippen LogP contribution in [0.3, 0.4) is 0 Å². The second-order valence-corrected chi connectivity index (χ2v) is 6.90. The standard InChI is InChI=1S/C19H20N2O3S/c1-13-7-9-14(10-8-13)16-12-25-19(20-16)21-17(22)11-24-18(23)15-5-3-2-4-6-15/h2-3,7-10,12,15H,4-6,11H2,1H3,(H,20,21,22)/t15-/m0/s1. The smallest absolute Gasteiger partial charge is 0.309 e. The largest absolute Gasteiger partial charge is 0.455 e. The zero-order valence-electron chi connectivity index (χ0n) is 14.0. The molecule has 0 bridgehead atoms. The molecule has 1 aliphatic rings. The molecule has 6 heteroatoms. The summed E-state index contributed by atoms with van der Waals surface area (Å²) >= 11 is 1.35. The Kier molecular flexibility index (Phi) is 5.60. The van der Waals surface area contributed by atoms with Gasteiger partial charge in [-0.15, -0.1) is 11.3 Å². The van der Waals surface area contributed by atoms with E-state index in [0.717, 1.165) is 24.1 Å². The summed E-state index contributed by atoms with van der Waals surface area (Å²) in [5, 5.41) is 5.07. The van der Waals surface area contributed by atoms with Crippen molar-refractivity contribution in [1.29, 1.82) is 0 Å². The van der Waals surface area contributed by atoms with Crippen LogP contribution in [0.1, 0.15) is 24.8 Å². The van der Waals surface area contributed by atoms with Crippen molar-refractivity contribution in [2.24, 2.45) is 5.92 Å². The minimum atomic E-state index is -0.371. The molecule has 1 amide bonds. The van der Waals surface area contributed by atoms with Gasteiger partial charge in [-0.05, 0) is 26.2 Å². The van der Waals surface area contributed by atoms with E-state index in [4.69, 9.17) is 4.74 Å². The third-order valence-electron chi connectivity index (χ3n) is 4.05. The lowest BCUT2D eigenvalue weighted by molar-refractivity contribution is -0.151. The molecule has 0 aliphatic heterocycles. The lowest BCUT2D eigenvalue weighted by Crippen LogP contribution is -2.25. The third-order valence-corrected chi connectivity index (χ3v) is 4.80. The number of rotatable bonds is 5. The molecule has 1 atom stereocenters. The Labute approximate surface area is 150 Å². The number of benzene rings is 1. The molecule has 25 heavy (non-hydrogen) atoms. The van der Waals surface area contributed by atoms with Crippen LogP contribution >= 0.6 is 11.3 Å². The third kappa shape index (κ3) is 4.76. The number of carbonyl (C=O) groups excluding carboxylic acids is 2. The van der Waals surface area contributed by atoms with E-state index in [2.05, 4.69) is 16.4 Å². The van der Waals surface area contributed by atoms with Gasteiger partial charge in [0.15, 0.2) is 11.7 Å². The number of aromatic nitrogens is 1. The van der Waals surface area contributed by atoms with E-state index in [1.54, 1.807) is 0 Å². The number of anilines is 1. The highest BCUT2D eigenvalue weighted by atomic mass is 32.1. The fourth-order valence-electron chi connectivity index (χ4n) is 2.61. The van der Waals surface area contributed by atoms with Gasteiger partial charge < -0.3 is 4.74 Å². The fourth-order valence-corrected chi connectivity index (χ4v) is 3.34. The maximum absolute atomic E-state index is 12.0. The van der Waals surface area contributed by atoms with Crippen molar-refractivity contribution in [1.82, 2.24) is 4.98 Å². The van der Waals surface area contributed by atoms with Crippen LogP contribution in [0.2, 0.25) is 0 Å². The summed E-state index contributed by atoms with van der Waals surface area (Å²) in [6, 6.07) is 8.03. The van der Waals surface area contributed by atoms with Gasteiger partial charge in [0, 0.05) is 10.9 Å². The van der Waals surface area contributed by atoms with E-state index in [9.17, 15) is 9.59 Å². The van der Waals surface area contributed by atoms with Gasteiger partial charge in [0.05, 0.1) is 11.6 Å². The van der Waals surface area contributed by atoms with Crippen LogP contribution in [0.25, 0.3) is 11.3 Å². The predicted molar refractivity (Wildman–Crippen MR) is 98.4 cm³/mol. The predicted octanol–water partition coefficient (Wildman–Crippen LogP) is 3.96. The molecule has 0 saturated carbocycles. The van der Waals surface area contributed by atoms with Crippen LogP contribution in [-0.4, -0.2) is 23.5 Å². The summed E-state index contributed by atoms with van der Waals surface area (Å²) in [7, 11) is 0. The lowest BCUT2D eigenvalue weighted by Gasteiger charge is -2.15. The summed E-state index contributed by atoms with van der Waals surface area (Å²) in [6.45, 7) is 1.75. The Morgan fingerprint density at radius 3 is 2.80 bits per heavy atom. The first-order valence-corrected chi connectivity index (χ1v) is 9.14. The second-order valence-electron chi connectivity index (χ2n) is 6.04. The van der Waals surface area contributed by atoms with Gasteiger partial charge >= 0.3 is 5.97 Å². The molecule has 1 N–H and O–H groups in total. The Bertz CT molecular complexity index is 780. The number of aryl methyl sites for hydroxylation is 1. The van der Waals surface area contributed by atoms with Crippen molar-refractivity contribution in [2.45, 2.75) is 26.2 Å². The molecule has 0 fully saturated rings. The van der Waals surface area contributed by atoms with Crippen molar-refractivity contribution in [3.8, 4) is 11.3 Å². The molecule has 3 rings (SSSR count). The van der Waals surface area contributed by atoms with Gasteiger partial charge in [0.2, 0.25) is 0 Å². The number of carbonyl (C=O) groups is 2. The Balaban J connectivity index is 1.50. The molecular formula is C19H20N2O3S. The highest BCUT2D eigenvalue weighted by Gasteiger charge is 2.21. The first-order valence-electron chi connectivity index (χ1n) is 8.26. The molecule has 5 nitrogen and oxygen atoms in total. The van der Waals surface area contributed by atoms with Crippen LogP contribution in [0.4, 0.5) is 5.13 Å². The van der Waals surface area contributed by atoms with E-state index >= 15 is 0 Å². The van der Waals surface area contributed by atoms with E-state index in [1.165, 1.54) is 16.9 Å². The van der Waals surface area contributed by atoms with Crippen LogP contribution < -0.4 is 5.32 Å². The van der Waals surface area contributed by atoms with E-state index in [0.29, 0.717) is 11.6 Å². The molecule has 1 aliphatic carbocycles. The number of thiazole rings is 1. The summed E-state index contributed by atoms with van der Waals surface area (Å²) in [5.41, 5.74) is 2.99. The van der Waals surface area contributed by atoms with Gasteiger partial charge in [-0.3, -0.25) is 14.9 Å². The van der Waals surface area contributed by atoms with Gasteiger partial charge in [-0.1, -0.05) is 42.0 Å². The van der Waals surface area contributed by atoms with E-state index < -0.39 is 0 Å². The van der Waals surface area contributed by atoms with Gasteiger partial charge in [0.1, 0.15) is 0 Å². The Hall–Kier alpha value is -2.47. The molecule has 1 heterocycles. The normalized spacial score (nSPS) is 16.4. The number of esters is 1. The fraction of sp³-hybridized carbons (Fsp3) is 0.316. The van der Waals surface area contributed by atoms with Crippen LogP contribution in [0.15, 0.2) is 41.8 Å². The molecule has 0 unspecified atom stereocenters. The van der Waals surface area contributed by atoms with Crippen LogP contribution in [-0.2, 0) is 14.3 Å². The average molecular weight is 356 g/mol. The molecule has 1 aromatic carbocycles. The van der Waals surface area contributed by atoms with Crippen LogP contribution in [0.5, 0.6) is 0 Å². The minimum absolute atomic E-state index is 0.134. The molecular weight excluding hydrogens is 336 g/mol. The number of hydrogen-bond acceptors (Lipinski definition) is 5. The number of allylic oxidation sites excluding steroid dienone is 2. The van der Waals surface area contributed by atoms with Crippen molar-refractivity contribution < 1.29 is 14.3 Å². The minimum Gasteiger partial charge on any atom is -0.455 e. The number of amides is 1. The Morgan fingerprint density at radius 2 is 2.08 bits per heavy atom. The topological polar surface area (TPSA) is 68.3 Å². The maximum Gasteiger partial charge on any atom is 0.309 e. The first-order chi connectivity index (χ1) is 12.1. The number of nitrogens with one attached hydrogen (secondary N) is 1. The van der Waals surface area contributed by atoms with Gasteiger partial charge in [-0.2, -0.15) is 0 Å². The van der Waals surface area contributed by atoms with Gasteiger partial charge in [0.25, 0.3) is 5.91 Å². The number of nitrogens with zero attached hydrogens (tertiary/aromatic N) is 1. The maximum atomic E-state index is 12.0. The highest BCUT2D eigenvalue weighted by molar-refractivity contribution is 7.14. The first kappa shape index (κ1) is 17.4. The zero-order chi connectivity index (χ0) is 17.6. The average Bonchev–Trinajstić information content (AvgIpc) is 3.09. The van der Waals surface area contributed by atoms with Crippen molar-refractivity contribution in [2.75, 3.05) is 11.9 Å². The van der Waals surface area contributed by atoms with Gasteiger partial charge in [-0.25, -0.2) is 4.98 Å². The quantitative estimate of drug-likeness (QED) is 0.650. The van der Waals surface area contributed by atoms with Crippen molar-refractivity contribution in [3.05, 3.63) is 47.4 Å². The highest BCUT2D eigenvalue weighted by Crippen LogP contribution is 2.25. The molecule has 0 spiro atoms. The molecule has 0 saturated heterocycles. The summed E-state index contributed by atoms with van der Waals surface area (Å²) < 4.78 is 5.11. The monoisotopic (exact) mass is 356 g/mol. The summed E-state index contributed by atoms with van der Waals surface area (Å²) in [6.07, 6.45) is 6.39. The number of hydrogen-bond donors (Lipinski definition) is 1. The second kappa shape index (κ2) is 8.07. The van der Waals surface area contributed by atoms with Crippen LogP contribution in [0, 0.1) is 12.8 Å². The molecule has 2 aromatic rings. The zero-order valence-corrected chi connectivity index (χ0v) is 14.8. The lowest BCUT2D eigenvalue weighted by atomic mass is 9.95. The Morgan fingerprint density at radius 1 is 1.28 bits per heavy atom.